The zero-order valence-corrected chi connectivity index (χ0v) is 9.34. The van der Waals surface area contributed by atoms with Crippen LogP contribution in [0.2, 0.25) is 0 Å². The van der Waals surface area contributed by atoms with Gasteiger partial charge < -0.3 is 5.32 Å². The molecule has 0 amide bonds. The summed E-state index contributed by atoms with van der Waals surface area (Å²) in [5.74, 6) is 3.22. The van der Waals surface area contributed by atoms with Gasteiger partial charge in [-0.15, -0.1) is 0 Å². The molecule has 0 aromatic rings. The molecule has 0 aromatic heterocycles. The fraction of sp³-hybridized carbons (Fsp3) is 1.00. The van der Waals surface area contributed by atoms with Crippen LogP contribution >= 0.6 is 0 Å². The molecule has 2 bridgehead atoms. The predicted octanol–water partition coefficient (Wildman–Crippen LogP) is 2.95. The molecule has 0 spiro atoms. The molecule has 3 rings (SSSR count). The first-order valence-corrected chi connectivity index (χ1v) is 6.59. The van der Waals surface area contributed by atoms with E-state index >= 15 is 0 Å². The van der Waals surface area contributed by atoms with Gasteiger partial charge in [-0.2, -0.15) is 0 Å². The van der Waals surface area contributed by atoms with E-state index in [4.69, 9.17) is 0 Å². The summed E-state index contributed by atoms with van der Waals surface area (Å²) in [6, 6.07) is 1.68. The smallest absolute Gasteiger partial charge is 0.00723 e. The molecule has 80 valence electrons. The van der Waals surface area contributed by atoms with Gasteiger partial charge in [-0.1, -0.05) is 12.8 Å². The second kappa shape index (κ2) is 3.52. The third kappa shape index (κ3) is 1.50. The van der Waals surface area contributed by atoms with Crippen LogP contribution < -0.4 is 5.32 Å². The van der Waals surface area contributed by atoms with Crippen LogP contribution in [0.15, 0.2) is 0 Å². The zero-order chi connectivity index (χ0) is 9.54. The van der Waals surface area contributed by atoms with E-state index < -0.39 is 0 Å². The van der Waals surface area contributed by atoms with Crippen molar-refractivity contribution in [2.45, 2.75) is 64.0 Å². The van der Waals surface area contributed by atoms with E-state index in [1.165, 1.54) is 38.5 Å². The molecule has 1 N–H and O–H groups in total. The van der Waals surface area contributed by atoms with E-state index in [2.05, 4.69) is 12.2 Å². The highest BCUT2D eigenvalue weighted by atomic mass is 15.0. The highest BCUT2D eigenvalue weighted by molar-refractivity contribution is 4.95. The number of rotatable bonds is 3. The van der Waals surface area contributed by atoms with Gasteiger partial charge in [-0.25, -0.2) is 0 Å². The molecule has 3 aliphatic carbocycles. The SMILES string of the molecule is C[C@H](NC1CCC1)[C@@H]1C[C@H]2CC[C@H]1C2. The molecule has 0 heterocycles. The van der Waals surface area contributed by atoms with E-state index in [1.54, 1.807) is 6.42 Å². The fourth-order valence-corrected chi connectivity index (χ4v) is 3.98. The lowest BCUT2D eigenvalue weighted by Gasteiger charge is -2.35. The van der Waals surface area contributed by atoms with Crippen LogP contribution in [0, 0.1) is 17.8 Å². The van der Waals surface area contributed by atoms with Gasteiger partial charge in [0.1, 0.15) is 0 Å². The van der Waals surface area contributed by atoms with Gasteiger partial charge in [-0.3, -0.25) is 0 Å². The van der Waals surface area contributed by atoms with Crippen LogP contribution in [0.5, 0.6) is 0 Å². The first kappa shape index (κ1) is 9.21. The van der Waals surface area contributed by atoms with Crippen molar-refractivity contribution in [3.8, 4) is 0 Å². The molecule has 3 aliphatic rings. The molecule has 3 saturated carbocycles. The van der Waals surface area contributed by atoms with Crippen molar-refractivity contribution in [3.05, 3.63) is 0 Å². The van der Waals surface area contributed by atoms with E-state index in [9.17, 15) is 0 Å². The standard InChI is InChI=1S/C13H23N/c1-9(14-12-3-2-4-12)13-8-10-5-6-11(13)7-10/h9-14H,2-8H2,1H3/t9-,10-,11-,13-/m0/s1. The molecule has 4 atom stereocenters. The molecular weight excluding hydrogens is 170 g/mol. The monoisotopic (exact) mass is 193 g/mol. The van der Waals surface area contributed by atoms with Crippen LogP contribution in [0.4, 0.5) is 0 Å². The molecule has 1 heteroatoms. The van der Waals surface area contributed by atoms with E-state index in [1.807, 2.05) is 0 Å². The molecular formula is C13H23N. The lowest BCUT2D eigenvalue weighted by molar-refractivity contribution is 0.214. The number of fused-ring (bicyclic) bond motifs is 2. The third-order valence-corrected chi connectivity index (χ3v) is 5.04. The Bertz CT molecular complexity index is 209. The molecule has 0 radical (unpaired) electrons. The minimum atomic E-state index is 0.801. The highest BCUT2D eigenvalue weighted by Gasteiger charge is 2.42. The van der Waals surface area contributed by atoms with Crippen molar-refractivity contribution in [1.29, 1.82) is 0 Å². The van der Waals surface area contributed by atoms with Crippen molar-refractivity contribution in [3.63, 3.8) is 0 Å². The number of hydrogen-bond donors (Lipinski definition) is 1. The fourth-order valence-electron chi connectivity index (χ4n) is 3.98. The predicted molar refractivity (Wildman–Crippen MR) is 59.2 cm³/mol. The quantitative estimate of drug-likeness (QED) is 0.726. The molecule has 3 fully saturated rings. The van der Waals surface area contributed by atoms with Gasteiger partial charge in [0.05, 0.1) is 0 Å². The first-order chi connectivity index (χ1) is 6.83. The molecule has 0 aromatic carbocycles. The maximum absolute atomic E-state index is 3.84. The lowest BCUT2D eigenvalue weighted by atomic mass is 9.82. The zero-order valence-electron chi connectivity index (χ0n) is 9.34. The molecule has 1 nitrogen and oxygen atoms in total. The van der Waals surface area contributed by atoms with Crippen LogP contribution in [0.3, 0.4) is 0 Å². The Balaban J connectivity index is 1.54. The summed E-state index contributed by atoms with van der Waals surface area (Å²) in [6.07, 6.45) is 10.5. The van der Waals surface area contributed by atoms with E-state index in [-0.39, 0.29) is 0 Å². The Hall–Kier alpha value is -0.0400. The van der Waals surface area contributed by atoms with Crippen molar-refractivity contribution in [1.82, 2.24) is 5.32 Å². The Labute approximate surface area is 87.7 Å². The summed E-state index contributed by atoms with van der Waals surface area (Å²) >= 11 is 0. The Morgan fingerprint density at radius 3 is 2.43 bits per heavy atom. The van der Waals surface area contributed by atoms with Gasteiger partial charge in [0, 0.05) is 12.1 Å². The van der Waals surface area contributed by atoms with Crippen LogP contribution in [0.1, 0.15) is 51.9 Å². The maximum atomic E-state index is 3.84. The average molecular weight is 193 g/mol. The number of hydrogen-bond acceptors (Lipinski definition) is 1. The number of nitrogens with one attached hydrogen (secondary N) is 1. The van der Waals surface area contributed by atoms with Crippen molar-refractivity contribution < 1.29 is 0 Å². The Morgan fingerprint density at radius 2 is 1.93 bits per heavy atom. The molecule has 14 heavy (non-hydrogen) atoms. The van der Waals surface area contributed by atoms with Crippen LogP contribution in [-0.4, -0.2) is 12.1 Å². The van der Waals surface area contributed by atoms with Crippen molar-refractivity contribution >= 4 is 0 Å². The topological polar surface area (TPSA) is 12.0 Å². The Morgan fingerprint density at radius 1 is 1.07 bits per heavy atom. The van der Waals surface area contributed by atoms with E-state index in [0.717, 1.165) is 29.8 Å². The lowest BCUT2D eigenvalue weighted by Crippen LogP contribution is -2.45. The Kier molecular flexibility index (Phi) is 2.31. The second-order valence-electron chi connectivity index (χ2n) is 5.92. The largest absolute Gasteiger partial charge is 0.311 e. The maximum Gasteiger partial charge on any atom is 0.00723 e. The summed E-state index contributed by atoms with van der Waals surface area (Å²) in [6.45, 7) is 2.43. The third-order valence-electron chi connectivity index (χ3n) is 5.04. The van der Waals surface area contributed by atoms with Gasteiger partial charge >= 0.3 is 0 Å². The van der Waals surface area contributed by atoms with Crippen molar-refractivity contribution in [2.24, 2.45) is 17.8 Å². The summed E-state index contributed by atoms with van der Waals surface area (Å²) in [7, 11) is 0. The van der Waals surface area contributed by atoms with Gasteiger partial charge in [0.15, 0.2) is 0 Å². The summed E-state index contributed by atoms with van der Waals surface area (Å²) in [5.41, 5.74) is 0. The summed E-state index contributed by atoms with van der Waals surface area (Å²) < 4.78 is 0. The van der Waals surface area contributed by atoms with Crippen LogP contribution in [0.25, 0.3) is 0 Å². The summed E-state index contributed by atoms with van der Waals surface area (Å²) in [4.78, 5) is 0. The first-order valence-electron chi connectivity index (χ1n) is 6.59. The highest BCUT2D eigenvalue weighted by Crippen LogP contribution is 2.49. The average Bonchev–Trinajstić information content (AvgIpc) is 2.71. The van der Waals surface area contributed by atoms with Gasteiger partial charge in [0.25, 0.3) is 0 Å². The second-order valence-corrected chi connectivity index (χ2v) is 5.92. The molecule has 0 aliphatic heterocycles. The van der Waals surface area contributed by atoms with Crippen LogP contribution in [-0.2, 0) is 0 Å². The van der Waals surface area contributed by atoms with Gasteiger partial charge in [0.2, 0.25) is 0 Å². The normalized spacial score (nSPS) is 43.9. The van der Waals surface area contributed by atoms with Crippen molar-refractivity contribution in [2.75, 3.05) is 0 Å². The van der Waals surface area contributed by atoms with Gasteiger partial charge in [-0.05, 0) is 56.8 Å². The minimum absolute atomic E-state index is 0.801. The molecule has 0 saturated heterocycles. The molecule has 0 unspecified atom stereocenters. The minimum Gasteiger partial charge on any atom is -0.311 e. The van der Waals surface area contributed by atoms with E-state index in [0.29, 0.717) is 0 Å². The summed E-state index contributed by atoms with van der Waals surface area (Å²) in [5, 5.41) is 3.84.